The van der Waals surface area contributed by atoms with Crippen molar-refractivity contribution in [3.05, 3.63) is 24.2 Å². The fraction of sp³-hybridized carbons (Fsp3) is 0.688. The van der Waals surface area contributed by atoms with E-state index in [1.807, 2.05) is 26.0 Å². The molecule has 1 aliphatic heterocycles. The molecule has 0 radical (unpaired) electrons. The normalized spacial score (nSPS) is 18.6. The second-order valence-corrected chi connectivity index (χ2v) is 5.37. The van der Waals surface area contributed by atoms with Crippen molar-refractivity contribution in [2.24, 2.45) is 0 Å². The van der Waals surface area contributed by atoms with Crippen LogP contribution in [0.15, 0.2) is 22.8 Å². The number of hydrogen-bond acceptors (Lipinski definition) is 4. The molecule has 2 heterocycles. The molecule has 1 fully saturated rings. The molecule has 1 N–H and O–H groups in total. The fourth-order valence-corrected chi connectivity index (χ4v) is 2.83. The molecule has 5 heteroatoms. The van der Waals surface area contributed by atoms with Crippen molar-refractivity contribution in [1.82, 2.24) is 10.2 Å². The smallest absolute Gasteiger partial charge is 0.249 e. The van der Waals surface area contributed by atoms with Crippen LogP contribution in [0.1, 0.15) is 44.9 Å². The van der Waals surface area contributed by atoms with Gasteiger partial charge in [-0.05, 0) is 51.4 Å². The summed E-state index contributed by atoms with van der Waals surface area (Å²) in [5.74, 6) is 0.886. The van der Waals surface area contributed by atoms with Gasteiger partial charge >= 0.3 is 0 Å². The summed E-state index contributed by atoms with van der Waals surface area (Å²) >= 11 is 0. The fourth-order valence-electron chi connectivity index (χ4n) is 2.83. The van der Waals surface area contributed by atoms with Crippen LogP contribution in [0.3, 0.4) is 0 Å². The van der Waals surface area contributed by atoms with Gasteiger partial charge in [0.15, 0.2) is 0 Å². The van der Waals surface area contributed by atoms with E-state index in [0.29, 0.717) is 19.6 Å². The number of carbonyl (C=O) groups excluding carboxylic acids is 1. The van der Waals surface area contributed by atoms with Crippen LogP contribution in [-0.4, -0.2) is 43.2 Å². The van der Waals surface area contributed by atoms with Gasteiger partial charge in [0.2, 0.25) is 5.91 Å². The van der Waals surface area contributed by atoms with E-state index < -0.39 is 0 Å². The van der Waals surface area contributed by atoms with E-state index in [1.165, 1.54) is 12.8 Å². The van der Waals surface area contributed by atoms with Crippen molar-refractivity contribution < 1.29 is 13.9 Å². The van der Waals surface area contributed by atoms with Gasteiger partial charge < -0.3 is 14.5 Å². The number of nitrogens with zero attached hydrogens (tertiary/aromatic N) is 1. The number of ether oxygens (including phenoxy) is 1. The Labute approximate surface area is 126 Å². The van der Waals surface area contributed by atoms with Gasteiger partial charge in [-0.2, -0.15) is 0 Å². The summed E-state index contributed by atoms with van der Waals surface area (Å²) in [7, 11) is 0. The number of nitrogens with one attached hydrogen (secondary N) is 1. The largest absolute Gasteiger partial charge is 0.468 e. The zero-order chi connectivity index (χ0) is 15.1. The van der Waals surface area contributed by atoms with Crippen LogP contribution in [0.5, 0.6) is 0 Å². The lowest BCUT2D eigenvalue weighted by Gasteiger charge is -2.26. The van der Waals surface area contributed by atoms with Crippen molar-refractivity contribution in [2.45, 2.75) is 45.3 Å². The maximum absolute atomic E-state index is 12.2. The highest BCUT2D eigenvalue weighted by Gasteiger charge is 2.27. The van der Waals surface area contributed by atoms with Crippen LogP contribution in [0.25, 0.3) is 0 Å². The molecule has 0 spiro atoms. The van der Waals surface area contributed by atoms with E-state index in [-0.39, 0.29) is 18.1 Å². The molecule has 0 saturated carbocycles. The number of rotatable bonds is 8. The lowest BCUT2D eigenvalue weighted by atomic mass is 10.2. The molecule has 2 rings (SSSR count). The van der Waals surface area contributed by atoms with Gasteiger partial charge in [-0.15, -0.1) is 0 Å². The molecule has 1 aliphatic rings. The van der Waals surface area contributed by atoms with E-state index in [1.54, 1.807) is 6.26 Å². The molecule has 1 amide bonds. The van der Waals surface area contributed by atoms with Crippen LogP contribution >= 0.6 is 0 Å². The Balaban J connectivity index is 1.94. The minimum absolute atomic E-state index is 0.0323. The summed E-state index contributed by atoms with van der Waals surface area (Å²) in [6, 6.07) is 4.00. The van der Waals surface area contributed by atoms with Gasteiger partial charge in [-0.3, -0.25) is 9.69 Å². The van der Waals surface area contributed by atoms with Gasteiger partial charge in [-0.1, -0.05) is 6.92 Å². The van der Waals surface area contributed by atoms with Gasteiger partial charge in [-0.25, -0.2) is 0 Å². The zero-order valence-electron chi connectivity index (χ0n) is 13.0. The predicted octanol–water partition coefficient (Wildman–Crippen LogP) is 2.35. The molecule has 118 valence electrons. The average Bonchev–Trinajstić information content (AvgIpc) is 3.18. The van der Waals surface area contributed by atoms with E-state index in [9.17, 15) is 4.79 Å². The van der Waals surface area contributed by atoms with Crippen molar-refractivity contribution in [2.75, 3.05) is 26.2 Å². The highest BCUT2D eigenvalue weighted by molar-refractivity contribution is 5.80. The van der Waals surface area contributed by atoms with E-state index in [4.69, 9.17) is 9.15 Å². The first-order valence-corrected chi connectivity index (χ1v) is 7.93. The minimum Gasteiger partial charge on any atom is -0.468 e. The van der Waals surface area contributed by atoms with Gasteiger partial charge in [0, 0.05) is 13.2 Å². The number of likely N-dealkylation sites (tertiary alicyclic amines) is 1. The Morgan fingerprint density at radius 2 is 2.19 bits per heavy atom. The first-order valence-electron chi connectivity index (χ1n) is 7.93. The van der Waals surface area contributed by atoms with E-state index in [2.05, 4.69) is 10.2 Å². The third-order valence-electron chi connectivity index (χ3n) is 3.95. The second kappa shape index (κ2) is 8.20. The van der Waals surface area contributed by atoms with Crippen LogP contribution < -0.4 is 5.32 Å². The summed E-state index contributed by atoms with van der Waals surface area (Å²) in [5, 5.41) is 3.02. The van der Waals surface area contributed by atoms with Crippen LogP contribution in [0.2, 0.25) is 0 Å². The molecule has 0 unspecified atom stereocenters. The maximum atomic E-state index is 12.2. The Bertz CT molecular complexity index is 413. The zero-order valence-corrected chi connectivity index (χ0v) is 13.0. The standard InChI is InChI=1S/C16H26N2O3/c1-3-14(20-4-2)16(19)17-12-13(15-8-7-11-21-15)18-9-5-6-10-18/h7-8,11,13-14H,3-6,9-10,12H2,1-2H3,(H,17,19)/t13-,14+/m1/s1. The molecule has 21 heavy (non-hydrogen) atoms. The van der Waals surface area contributed by atoms with Crippen molar-refractivity contribution in [3.63, 3.8) is 0 Å². The average molecular weight is 294 g/mol. The summed E-state index contributed by atoms with van der Waals surface area (Å²) in [6.07, 6.45) is 4.44. The topological polar surface area (TPSA) is 54.7 Å². The molecular formula is C16H26N2O3. The number of carbonyl (C=O) groups is 1. The Morgan fingerprint density at radius 1 is 1.43 bits per heavy atom. The third kappa shape index (κ3) is 4.32. The summed E-state index contributed by atoms with van der Waals surface area (Å²) in [4.78, 5) is 14.5. The maximum Gasteiger partial charge on any atom is 0.249 e. The minimum atomic E-state index is -0.356. The molecule has 5 nitrogen and oxygen atoms in total. The highest BCUT2D eigenvalue weighted by Crippen LogP contribution is 2.24. The summed E-state index contributed by atoms with van der Waals surface area (Å²) < 4.78 is 11.0. The monoisotopic (exact) mass is 294 g/mol. The Morgan fingerprint density at radius 3 is 2.76 bits per heavy atom. The SMILES string of the molecule is CCO[C@@H](CC)C(=O)NC[C@H](c1ccco1)N1CCCC1. The summed E-state index contributed by atoms with van der Waals surface area (Å²) in [6.45, 7) is 7.11. The Kier molecular flexibility index (Phi) is 6.26. The number of hydrogen-bond donors (Lipinski definition) is 1. The van der Waals surface area contributed by atoms with Gasteiger partial charge in [0.1, 0.15) is 11.9 Å². The Hall–Kier alpha value is -1.33. The lowest BCUT2D eigenvalue weighted by molar-refractivity contribution is -0.133. The predicted molar refractivity (Wildman–Crippen MR) is 81.0 cm³/mol. The molecule has 0 aliphatic carbocycles. The van der Waals surface area contributed by atoms with Gasteiger partial charge in [0.25, 0.3) is 0 Å². The van der Waals surface area contributed by atoms with Crippen LogP contribution in [-0.2, 0) is 9.53 Å². The molecule has 0 aromatic carbocycles. The van der Waals surface area contributed by atoms with Gasteiger partial charge in [0.05, 0.1) is 12.3 Å². The molecule has 2 atom stereocenters. The van der Waals surface area contributed by atoms with Crippen molar-refractivity contribution in [3.8, 4) is 0 Å². The quantitative estimate of drug-likeness (QED) is 0.799. The van der Waals surface area contributed by atoms with Crippen molar-refractivity contribution >= 4 is 5.91 Å². The lowest BCUT2D eigenvalue weighted by Crippen LogP contribution is -2.41. The number of furan rings is 1. The molecule has 1 aromatic rings. The molecule has 1 saturated heterocycles. The first-order chi connectivity index (χ1) is 10.3. The van der Waals surface area contributed by atoms with E-state index >= 15 is 0 Å². The van der Waals surface area contributed by atoms with Crippen LogP contribution in [0.4, 0.5) is 0 Å². The molecule has 1 aromatic heterocycles. The molecule has 0 bridgehead atoms. The number of amides is 1. The second-order valence-electron chi connectivity index (χ2n) is 5.37. The van der Waals surface area contributed by atoms with Crippen molar-refractivity contribution in [1.29, 1.82) is 0 Å². The van der Waals surface area contributed by atoms with E-state index in [0.717, 1.165) is 18.8 Å². The van der Waals surface area contributed by atoms with Crippen LogP contribution in [0, 0.1) is 0 Å². The molecular weight excluding hydrogens is 268 g/mol. The first kappa shape index (κ1) is 16.0. The highest BCUT2D eigenvalue weighted by atomic mass is 16.5. The third-order valence-corrected chi connectivity index (χ3v) is 3.95. The summed E-state index contributed by atoms with van der Waals surface area (Å²) in [5.41, 5.74) is 0.